The van der Waals surface area contributed by atoms with E-state index in [1.807, 2.05) is 6.07 Å². The molecule has 0 bridgehead atoms. The second-order valence-electron chi connectivity index (χ2n) is 7.07. The molecule has 0 fully saturated rings. The van der Waals surface area contributed by atoms with Crippen molar-refractivity contribution in [1.82, 2.24) is 9.78 Å². The third-order valence-electron chi connectivity index (χ3n) is 4.78. The fourth-order valence-electron chi connectivity index (χ4n) is 3.15. The number of hydrogen-bond donors (Lipinski definition) is 2. The molecule has 1 aromatic heterocycles. The molecule has 0 saturated carbocycles. The van der Waals surface area contributed by atoms with Gasteiger partial charge in [-0.1, -0.05) is 29.3 Å². The standard InChI is InChI=1S/C24H17Cl2FN4O3/c1-34-22-8-6-16(13-21(22)29-23(32)18-7-5-15(26)12-19(18)27)28-24(33)20-9-10-31(30-20)17-4-2-3-14(25)11-17/h2-13H,1H3,(H,28,33)(H,29,32). The van der Waals surface area contributed by atoms with Gasteiger partial charge in [0, 0.05) is 21.9 Å². The van der Waals surface area contributed by atoms with Crippen LogP contribution in [-0.2, 0) is 0 Å². The molecule has 1 heterocycles. The Morgan fingerprint density at radius 3 is 2.47 bits per heavy atom. The van der Waals surface area contributed by atoms with Gasteiger partial charge in [0.15, 0.2) is 5.69 Å². The summed E-state index contributed by atoms with van der Waals surface area (Å²) >= 11 is 11.8. The first-order valence-corrected chi connectivity index (χ1v) is 10.7. The van der Waals surface area contributed by atoms with Crippen LogP contribution in [0.4, 0.5) is 15.8 Å². The molecule has 0 aliphatic heterocycles. The highest BCUT2D eigenvalue weighted by atomic mass is 35.5. The Labute approximate surface area is 204 Å². The summed E-state index contributed by atoms with van der Waals surface area (Å²) in [6.07, 6.45) is 1.64. The molecule has 0 aliphatic carbocycles. The zero-order chi connectivity index (χ0) is 24.2. The summed E-state index contributed by atoms with van der Waals surface area (Å²) < 4.78 is 20.9. The number of halogens is 3. The van der Waals surface area contributed by atoms with E-state index in [9.17, 15) is 14.0 Å². The van der Waals surface area contributed by atoms with Crippen molar-refractivity contribution in [3.63, 3.8) is 0 Å². The molecular weight excluding hydrogens is 482 g/mol. The molecule has 0 atom stereocenters. The highest BCUT2D eigenvalue weighted by molar-refractivity contribution is 6.31. The van der Waals surface area contributed by atoms with Gasteiger partial charge in [-0.3, -0.25) is 9.59 Å². The quantitative estimate of drug-likeness (QED) is 0.350. The van der Waals surface area contributed by atoms with Crippen LogP contribution in [-0.4, -0.2) is 28.7 Å². The number of anilines is 2. The summed E-state index contributed by atoms with van der Waals surface area (Å²) in [5, 5.41) is 10.3. The van der Waals surface area contributed by atoms with E-state index >= 15 is 0 Å². The molecular formula is C24H17Cl2FN4O3. The normalized spacial score (nSPS) is 10.6. The summed E-state index contributed by atoms with van der Waals surface area (Å²) in [4.78, 5) is 25.3. The van der Waals surface area contributed by atoms with Gasteiger partial charge in [0.25, 0.3) is 11.8 Å². The zero-order valence-electron chi connectivity index (χ0n) is 17.7. The second kappa shape index (κ2) is 9.94. The fourth-order valence-corrected chi connectivity index (χ4v) is 3.49. The zero-order valence-corrected chi connectivity index (χ0v) is 19.2. The molecule has 2 N–H and O–H groups in total. The summed E-state index contributed by atoms with van der Waals surface area (Å²) in [5.41, 5.74) is 1.30. The minimum absolute atomic E-state index is 0.171. The van der Waals surface area contributed by atoms with Crippen LogP contribution in [0.1, 0.15) is 20.8 Å². The van der Waals surface area contributed by atoms with E-state index in [0.717, 1.165) is 6.07 Å². The van der Waals surface area contributed by atoms with Crippen LogP contribution in [0.2, 0.25) is 10.0 Å². The van der Waals surface area contributed by atoms with E-state index in [2.05, 4.69) is 15.7 Å². The smallest absolute Gasteiger partial charge is 0.276 e. The van der Waals surface area contributed by atoms with Crippen LogP contribution < -0.4 is 15.4 Å². The number of nitrogens with one attached hydrogen (secondary N) is 2. The Balaban J connectivity index is 1.52. The minimum Gasteiger partial charge on any atom is -0.495 e. The lowest BCUT2D eigenvalue weighted by atomic mass is 10.2. The van der Waals surface area contributed by atoms with Crippen molar-refractivity contribution in [3.05, 3.63) is 100 Å². The molecule has 172 valence electrons. The van der Waals surface area contributed by atoms with Gasteiger partial charge >= 0.3 is 0 Å². The van der Waals surface area contributed by atoms with Crippen molar-refractivity contribution >= 4 is 46.4 Å². The third kappa shape index (κ3) is 5.19. The number of methoxy groups -OCH3 is 1. The third-order valence-corrected chi connectivity index (χ3v) is 5.25. The van der Waals surface area contributed by atoms with E-state index < -0.39 is 17.6 Å². The Kier molecular flexibility index (Phi) is 6.81. The molecule has 4 aromatic rings. The lowest BCUT2D eigenvalue weighted by molar-refractivity contribution is 0.101. The number of amides is 2. The summed E-state index contributed by atoms with van der Waals surface area (Å²) in [6.45, 7) is 0. The average molecular weight is 499 g/mol. The van der Waals surface area contributed by atoms with Crippen molar-refractivity contribution in [2.75, 3.05) is 17.7 Å². The van der Waals surface area contributed by atoms with Gasteiger partial charge in [-0.2, -0.15) is 5.10 Å². The van der Waals surface area contributed by atoms with Crippen molar-refractivity contribution < 1.29 is 18.7 Å². The number of hydrogen-bond acceptors (Lipinski definition) is 4. The lowest BCUT2D eigenvalue weighted by Crippen LogP contribution is -2.16. The van der Waals surface area contributed by atoms with Gasteiger partial charge in [0.05, 0.1) is 24.0 Å². The maximum atomic E-state index is 14.1. The van der Waals surface area contributed by atoms with E-state index in [1.165, 1.54) is 30.0 Å². The molecule has 0 unspecified atom stereocenters. The highest BCUT2D eigenvalue weighted by Crippen LogP contribution is 2.29. The number of rotatable bonds is 6. The maximum Gasteiger partial charge on any atom is 0.276 e. The fraction of sp³-hybridized carbons (Fsp3) is 0.0417. The minimum atomic E-state index is -0.760. The molecule has 0 saturated heterocycles. The molecule has 3 aromatic carbocycles. The second-order valence-corrected chi connectivity index (χ2v) is 7.95. The van der Waals surface area contributed by atoms with Gasteiger partial charge in [-0.05, 0) is 60.7 Å². The SMILES string of the molecule is COc1ccc(NC(=O)c2ccn(-c3cccc(Cl)c3)n2)cc1NC(=O)c1ccc(Cl)cc1F. The molecule has 10 heteroatoms. The Morgan fingerprint density at radius 1 is 0.941 bits per heavy atom. The first-order chi connectivity index (χ1) is 16.3. The predicted octanol–water partition coefficient (Wildman–Crippen LogP) is 5.83. The molecule has 0 spiro atoms. The number of benzene rings is 3. The van der Waals surface area contributed by atoms with Gasteiger partial charge in [0.1, 0.15) is 11.6 Å². The van der Waals surface area contributed by atoms with Crippen molar-refractivity contribution in [2.45, 2.75) is 0 Å². The molecule has 7 nitrogen and oxygen atoms in total. The summed E-state index contributed by atoms with van der Waals surface area (Å²) in [6, 6.07) is 17.0. The van der Waals surface area contributed by atoms with Gasteiger partial charge in [-0.25, -0.2) is 9.07 Å². The predicted molar refractivity (Wildman–Crippen MR) is 129 cm³/mol. The lowest BCUT2D eigenvalue weighted by Gasteiger charge is -2.13. The first-order valence-electron chi connectivity index (χ1n) is 9.91. The molecule has 34 heavy (non-hydrogen) atoms. The van der Waals surface area contributed by atoms with E-state index in [0.29, 0.717) is 22.1 Å². The number of nitrogens with zero attached hydrogens (tertiary/aromatic N) is 2. The molecule has 4 rings (SSSR count). The molecule has 0 radical (unpaired) electrons. The Bertz CT molecular complexity index is 1390. The molecule has 0 aliphatic rings. The monoisotopic (exact) mass is 498 g/mol. The summed E-state index contributed by atoms with van der Waals surface area (Å²) in [5.74, 6) is -1.60. The maximum absolute atomic E-state index is 14.1. The van der Waals surface area contributed by atoms with Gasteiger partial charge in [-0.15, -0.1) is 0 Å². The topological polar surface area (TPSA) is 85.2 Å². The van der Waals surface area contributed by atoms with Crippen LogP contribution in [0.15, 0.2) is 72.9 Å². The van der Waals surface area contributed by atoms with E-state index in [1.54, 1.807) is 42.6 Å². The van der Waals surface area contributed by atoms with Crippen molar-refractivity contribution in [3.8, 4) is 11.4 Å². The van der Waals surface area contributed by atoms with Crippen LogP contribution in [0.25, 0.3) is 5.69 Å². The van der Waals surface area contributed by atoms with Crippen LogP contribution >= 0.6 is 23.2 Å². The van der Waals surface area contributed by atoms with E-state index in [-0.39, 0.29) is 22.0 Å². The van der Waals surface area contributed by atoms with Crippen LogP contribution in [0.5, 0.6) is 5.75 Å². The van der Waals surface area contributed by atoms with Gasteiger partial charge < -0.3 is 15.4 Å². The molecule has 2 amide bonds. The van der Waals surface area contributed by atoms with E-state index in [4.69, 9.17) is 27.9 Å². The highest BCUT2D eigenvalue weighted by Gasteiger charge is 2.16. The number of carbonyl (C=O) groups excluding carboxylic acids is 2. The van der Waals surface area contributed by atoms with Crippen LogP contribution in [0.3, 0.4) is 0 Å². The number of carbonyl (C=O) groups is 2. The first kappa shape index (κ1) is 23.3. The Hall–Kier alpha value is -3.88. The summed E-state index contributed by atoms with van der Waals surface area (Å²) in [7, 11) is 1.43. The Morgan fingerprint density at radius 2 is 1.74 bits per heavy atom. The number of aromatic nitrogens is 2. The van der Waals surface area contributed by atoms with Crippen LogP contribution in [0, 0.1) is 5.82 Å². The van der Waals surface area contributed by atoms with Crippen molar-refractivity contribution in [2.24, 2.45) is 0 Å². The average Bonchev–Trinajstić information content (AvgIpc) is 3.30. The largest absolute Gasteiger partial charge is 0.495 e. The number of ether oxygens (including phenoxy) is 1. The van der Waals surface area contributed by atoms with Crippen molar-refractivity contribution in [1.29, 1.82) is 0 Å². The van der Waals surface area contributed by atoms with Gasteiger partial charge in [0.2, 0.25) is 0 Å².